The molecule has 0 heterocycles. The predicted molar refractivity (Wildman–Crippen MR) is 144 cm³/mol. The SMILES string of the molecule is N#Cc1ccccc1C1=C(OC2=C(c3ccccc3C#N)C(Cl)C(Cl)(Cl)C=C2)C=CC(Cl)(Cl)C1Cl. The summed E-state index contributed by atoms with van der Waals surface area (Å²) in [7, 11) is 0. The number of nitriles is 2. The van der Waals surface area contributed by atoms with E-state index in [1.807, 2.05) is 0 Å². The van der Waals surface area contributed by atoms with Crippen LogP contribution in [-0.4, -0.2) is 19.4 Å². The van der Waals surface area contributed by atoms with Gasteiger partial charge in [-0.1, -0.05) is 82.8 Å². The van der Waals surface area contributed by atoms with Crippen LogP contribution in [0.2, 0.25) is 0 Å². The number of nitrogens with zero attached hydrogens (tertiary/aromatic N) is 2. The minimum atomic E-state index is -1.45. The Morgan fingerprint density at radius 2 is 1.03 bits per heavy atom. The van der Waals surface area contributed by atoms with Crippen molar-refractivity contribution in [2.24, 2.45) is 0 Å². The quantitative estimate of drug-likeness (QED) is 0.341. The van der Waals surface area contributed by atoms with Crippen LogP contribution in [0.1, 0.15) is 22.3 Å². The van der Waals surface area contributed by atoms with Gasteiger partial charge in [-0.15, -0.1) is 23.2 Å². The van der Waals surface area contributed by atoms with Crippen molar-refractivity contribution in [2.45, 2.75) is 19.4 Å². The van der Waals surface area contributed by atoms with Crippen molar-refractivity contribution in [3.63, 3.8) is 0 Å². The Bertz CT molecular complexity index is 1290. The number of alkyl halides is 6. The number of hydrogen-bond donors (Lipinski definition) is 0. The Hall–Kier alpha value is -2.08. The Labute approximate surface area is 233 Å². The summed E-state index contributed by atoms with van der Waals surface area (Å²) < 4.78 is 3.46. The molecule has 0 aliphatic heterocycles. The van der Waals surface area contributed by atoms with Gasteiger partial charge in [-0.2, -0.15) is 10.5 Å². The van der Waals surface area contributed by atoms with Gasteiger partial charge in [0, 0.05) is 22.3 Å². The zero-order valence-electron chi connectivity index (χ0n) is 17.7. The predicted octanol–water partition coefficient (Wildman–Crippen LogP) is 8.27. The number of allylic oxidation sites excluding steroid dienone is 6. The molecule has 0 saturated heterocycles. The van der Waals surface area contributed by atoms with E-state index in [-0.39, 0.29) is 0 Å². The second-order valence-corrected chi connectivity index (χ2v) is 11.5. The Morgan fingerprint density at radius 1 is 0.657 bits per heavy atom. The third kappa shape index (κ3) is 4.96. The summed E-state index contributed by atoms with van der Waals surface area (Å²) in [4.78, 5) is 0. The lowest BCUT2D eigenvalue weighted by molar-refractivity contribution is 0.335. The fourth-order valence-electron chi connectivity index (χ4n) is 3.82. The van der Waals surface area contributed by atoms with E-state index in [0.29, 0.717) is 44.9 Å². The largest absolute Gasteiger partial charge is 0.457 e. The minimum Gasteiger partial charge on any atom is -0.457 e. The Balaban J connectivity index is 1.96. The monoisotopic (exact) mass is 580 g/mol. The maximum absolute atomic E-state index is 9.68. The molecule has 2 atom stereocenters. The Morgan fingerprint density at radius 3 is 1.40 bits per heavy atom. The van der Waals surface area contributed by atoms with E-state index >= 15 is 0 Å². The van der Waals surface area contributed by atoms with Crippen molar-refractivity contribution in [1.82, 2.24) is 0 Å². The number of hydrogen-bond acceptors (Lipinski definition) is 3. The molecule has 0 amide bonds. The van der Waals surface area contributed by atoms with E-state index in [2.05, 4.69) is 12.1 Å². The van der Waals surface area contributed by atoms with Crippen LogP contribution < -0.4 is 0 Å². The maximum Gasteiger partial charge on any atom is 0.157 e. The molecule has 2 aliphatic rings. The molecule has 2 unspecified atom stereocenters. The molecule has 2 aromatic rings. The third-order valence-electron chi connectivity index (χ3n) is 5.52. The van der Waals surface area contributed by atoms with E-state index in [9.17, 15) is 10.5 Å². The van der Waals surface area contributed by atoms with Crippen LogP contribution in [0, 0.1) is 22.7 Å². The fourth-order valence-corrected chi connectivity index (χ4v) is 5.11. The van der Waals surface area contributed by atoms with Gasteiger partial charge >= 0.3 is 0 Å². The van der Waals surface area contributed by atoms with Crippen LogP contribution in [0.4, 0.5) is 0 Å². The highest BCUT2D eigenvalue weighted by Crippen LogP contribution is 2.48. The highest BCUT2D eigenvalue weighted by atomic mass is 35.5. The molecule has 0 N–H and O–H groups in total. The maximum atomic E-state index is 9.68. The summed E-state index contributed by atoms with van der Waals surface area (Å²) in [5, 5.41) is 17.5. The van der Waals surface area contributed by atoms with Gasteiger partial charge in [0.1, 0.15) is 11.5 Å². The summed E-state index contributed by atoms with van der Waals surface area (Å²) in [6.07, 6.45) is 6.18. The van der Waals surface area contributed by atoms with E-state index < -0.39 is 19.4 Å². The van der Waals surface area contributed by atoms with Crippen molar-refractivity contribution < 1.29 is 4.74 Å². The van der Waals surface area contributed by atoms with Gasteiger partial charge in [0.15, 0.2) is 8.67 Å². The highest BCUT2D eigenvalue weighted by Gasteiger charge is 2.42. The number of ether oxygens (including phenoxy) is 1. The molecule has 0 bridgehead atoms. The van der Waals surface area contributed by atoms with Gasteiger partial charge in [0.05, 0.1) is 34.0 Å². The van der Waals surface area contributed by atoms with Crippen LogP contribution in [0.15, 0.2) is 84.4 Å². The first-order chi connectivity index (χ1) is 16.6. The van der Waals surface area contributed by atoms with Gasteiger partial charge in [-0.25, -0.2) is 0 Å². The minimum absolute atomic E-state index is 0.303. The summed E-state index contributed by atoms with van der Waals surface area (Å²) in [6, 6.07) is 18.1. The van der Waals surface area contributed by atoms with E-state index in [1.54, 1.807) is 60.7 Å². The molecule has 35 heavy (non-hydrogen) atoms. The molecule has 0 spiro atoms. The smallest absolute Gasteiger partial charge is 0.157 e. The van der Waals surface area contributed by atoms with Crippen molar-refractivity contribution >= 4 is 80.8 Å². The first-order valence-corrected chi connectivity index (χ1v) is 12.6. The lowest BCUT2D eigenvalue weighted by Crippen LogP contribution is -2.31. The summed E-state index contributed by atoms with van der Waals surface area (Å²) in [6.45, 7) is 0. The van der Waals surface area contributed by atoms with Crippen molar-refractivity contribution in [1.29, 1.82) is 10.5 Å². The Kier molecular flexibility index (Phi) is 7.51. The molecule has 2 aliphatic carbocycles. The molecule has 0 aromatic heterocycles. The van der Waals surface area contributed by atoms with Crippen LogP contribution in [0.3, 0.4) is 0 Å². The van der Waals surface area contributed by atoms with Gasteiger partial charge < -0.3 is 4.74 Å². The van der Waals surface area contributed by atoms with Crippen molar-refractivity contribution in [3.05, 3.63) is 107 Å². The van der Waals surface area contributed by atoms with Crippen molar-refractivity contribution in [2.75, 3.05) is 0 Å². The van der Waals surface area contributed by atoms with Crippen LogP contribution in [0.25, 0.3) is 11.1 Å². The zero-order chi connectivity index (χ0) is 25.4. The average molecular weight is 583 g/mol. The number of benzene rings is 2. The van der Waals surface area contributed by atoms with Crippen LogP contribution in [-0.2, 0) is 4.74 Å². The number of rotatable bonds is 4. The van der Waals surface area contributed by atoms with E-state index in [0.717, 1.165) is 0 Å². The molecule has 0 fully saturated rings. The zero-order valence-corrected chi connectivity index (χ0v) is 22.2. The normalized spacial score (nSPS) is 22.5. The molecular formula is C26H14Cl6N2O. The van der Waals surface area contributed by atoms with Gasteiger partial charge in [-0.05, 0) is 36.4 Å². The van der Waals surface area contributed by atoms with Crippen molar-refractivity contribution in [3.8, 4) is 12.1 Å². The topological polar surface area (TPSA) is 56.8 Å². The average Bonchev–Trinajstić information content (AvgIpc) is 2.84. The lowest BCUT2D eigenvalue weighted by atomic mass is 9.90. The first-order valence-electron chi connectivity index (χ1n) is 10.2. The summed E-state index contributed by atoms with van der Waals surface area (Å²) >= 11 is 39.2. The molecule has 2 aromatic carbocycles. The molecule has 3 nitrogen and oxygen atoms in total. The van der Waals surface area contributed by atoms with Crippen LogP contribution in [0.5, 0.6) is 0 Å². The molecule has 0 radical (unpaired) electrons. The standard InChI is InChI=1S/C26H14Cl6N2O/c27-23-21(17-7-3-1-5-15(17)13-33)19(9-11-25(23,29)30)35-20-10-12-26(31,32)24(28)22(20)18-8-4-2-6-16(18)14-34/h1-12,23-24H. The lowest BCUT2D eigenvalue weighted by Gasteiger charge is -2.33. The van der Waals surface area contributed by atoms with E-state index in [1.165, 1.54) is 12.2 Å². The summed E-state index contributed by atoms with van der Waals surface area (Å²) in [5.74, 6) is 0.605. The second-order valence-electron chi connectivity index (χ2n) is 7.71. The third-order valence-corrected chi connectivity index (χ3v) is 8.47. The molecule has 0 saturated carbocycles. The molecular weight excluding hydrogens is 569 g/mol. The molecule has 9 heteroatoms. The fraction of sp³-hybridized carbons (Fsp3) is 0.154. The first kappa shape index (κ1) is 26.0. The van der Waals surface area contributed by atoms with Crippen LogP contribution >= 0.6 is 69.6 Å². The second kappa shape index (κ2) is 10.1. The molecule has 4 rings (SSSR count). The molecule has 176 valence electrons. The summed E-state index contributed by atoms with van der Waals surface area (Å²) in [5.41, 5.74) is 2.62. The van der Waals surface area contributed by atoms with E-state index in [4.69, 9.17) is 74.3 Å². The van der Waals surface area contributed by atoms with Gasteiger partial charge in [-0.3, -0.25) is 0 Å². The highest BCUT2D eigenvalue weighted by molar-refractivity contribution is 6.56. The van der Waals surface area contributed by atoms with Gasteiger partial charge in [0.25, 0.3) is 0 Å². The number of halogens is 6. The van der Waals surface area contributed by atoms with Gasteiger partial charge in [0.2, 0.25) is 0 Å².